The summed E-state index contributed by atoms with van der Waals surface area (Å²) in [4.78, 5) is 11.2. The van der Waals surface area contributed by atoms with Crippen LogP contribution in [0.2, 0.25) is 5.02 Å². The van der Waals surface area contributed by atoms with E-state index in [-0.39, 0.29) is 24.2 Å². The number of pyridine rings is 1. The Morgan fingerprint density at radius 1 is 1.19 bits per heavy atom. The van der Waals surface area contributed by atoms with Gasteiger partial charge < -0.3 is 29.7 Å². The summed E-state index contributed by atoms with van der Waals surface area (Å²) >= 11 is 6.40. The Balaban J connectivity index is 1.92. The lowest BCUT2D eigenvalue weighted by Crippen LogP contribution is -2.26. The maximum atomic E-state index is 9.65. The molecule has 0 bridgehead atoms. The molecule has 1 unspecified atom stereocenters. The van der Waals surface area contributed by atoms with E-state index in [4.69, 9.17) is 31.3 Å². The van der Waals surface area contributed by atoms with Gasteiger partial charge in [0.1, 0.15) is 18.5 Å². The molecule has 0 fully saturated rings. The van der Waals surface area contributed by atoms with E-state index in [1.807, 2.05) is 26.1 Å². The van der Waals surface area contributed by atoms with Gasteiger partial charge in [-0.15, -0.1) is 0 Å². The number of anilines is 1. The molecule has 3 aromatic rings. The Bertz CT molecular complexity index is 1070. The van der Waals surface area contributed by atoms with Crippen molar-refractivity contribution in [2.24, 2.45) is 5.73 Å². The van der Waals surface area contributed by atoms with Crippen molar-refractivity contribution in [2.45, 2.75) is 32.9 Å². The number of aliphatic hydroxyl groups is 1. The van der Waals surface area contributed by atoms with Crippen LogP contribution in [0.5, 0.6) is 11.5 Å². The fourth-order valence-electron chi connectivity index (χ4n) is 2.91. The van der Waals surface area contributed by atoms with Crippen LogP contribution in [0.3, 0.4) is 0 Å². The zero-order valence-electron chi connectivity index (χ0n) is 18.8. The van der Waals surface area contributed by atoms with Crippen LogP contribution in [-0.4, -0.2) is 59.7 Å². The number of rotatable bonds is 9. The van der Waals surface area contributed by atoms with Crippen molar-refractivity contribution < 1.29 is 19.1 Å². The number of hydrogen-bond donors (Lipinski definition) is 2. The average Bonchev–Trinajstić information content (AvgIpc) is 3.26. The fraction of sp³-hybridized carbons (Fsp3) is 0.409. The van der Waals surface area contributed by atoms with Crippen LogP contribution < -0.4 is 20.1 Å². The van der Waals surface area contributed by atoms with E-state index in [9.17, 15) is 5.11 Å². The van der Waals surface area contributed by atoms with Crippen molar-refractivity contribution in [3.8, 4) is 34.3 Å². The fourth-order valence-corrected chi connectivity index (χ4v) is 3.18. The van der Waals surface area contributed by atoms with Gasteiger partial charge in [0.2, 0.25) is 5.82 Å². The highest BCUT2D eigenvalue weighted by Gasteiger charge is 2.19. The van der Waals surface area contributed by atoms with Gasteiger partial charge >= 0.3 is 0 Å². The zero-order chi connectivity index (χ0) is 23.4. The summed E-state index contributed by atoms with van der Waals surface area (Å²) in [6.45, 7) is 6.18. The number of aryl methyl sites for hydroxylation is 1. The molecule has 0 aliphatic heterocycles. The predicted octanol–water partition coefficient (Wildman–Crippen LogP) is 3.31. The molecule has 0 aliphatic rings. The Kier molecular flexibility index (Phi) is 7.55. The van der Waals surface area contributed by atoms with Gasteiger partial charge in [-0.3, -0.25) is 0 Å². The Hall–Kier alpha value is -2.88. The Labute approximate surface area is 192 Å². The SMILES string of the molecule is COc1cc(-c2noc(-c3cc(C)nc(N(C)C(C)C)c3)n2)cc(Cl)c1OCC(O)CN. The van der Waals surface area contributed by atoms with Gasteiger partial charge in [0.25, 0.3) is 5.89 Å². The second-order valence-electron chi connectivity index (χ2n) is 7.67. The minimum absolute atomic E-state index is 0.00711. The molecule has 0 amide bonds. The molecule has 3 N–H and O–H groups in total. The molecule has 3 rings (SSSR count). The maximum absolute atomic E-state index is 9.65. The lowest BCUT2D eigenvalue weighted by atomic mass is 10.1. The number of aromatic nitrogens is 3. The third-order valence-corrected chi connectivity index (χ3v) is 5.21. The number of aliphatic hydroxyl groups excluding tert-OH is 1. The molecule has 32 heavy (non-hydrogen) atoms. The third kappa shape index (κ3) is 5.29. The van der Waals surface area contributed by atoms with Gasteiger partial charge in [0.15, 0.2) is 11.5 Å². The largest absolute Gasteiger partial charge is 0.493 e. The predicted molar refractivity (Wildman–Crippen MR) is 123 cm³/mol. The highest BCUT2D eigenvalue weighted by molar-refractivity contribution is 6.32. The zero-order valence-corrected chi connectivity index (χ0v) is 19.6. The lowest BCUT2D eigenvalue weighted by molar-refractivity contribution is 0.112. The van der Waals surface area contributed by atoms with E-state index in [1.54, 1.807) is 12.1 Å². The molecular formula is C22H28ClN5O4. The second kappa shape index (κ2) is 10.2. The normalized spacial score (nSPS) is 12.2. The van der Waals surface area contributed by atoms with Gasteiger partial charge in [-0.1, -0.05) is 16.8 Å². The smallest absolute Gasteiger partial charge is 0.258 e. The van der Waals surface area contributed by atoms with E-state index in [0.717, 1.165) is 17.1 Å². The number of ether oxygens (including phenoxy) is 2. The van der Waals surface area contributed by atoms with Crippen LogP contribution in [0.15, 0.2) is 28.8 Å². The number of benzene rings is 1. The molecule has 1 atom stereocenters. The molecule has 10 heteroatoms. The van der Waals surface area contributed by atoms with E-state index >= 15 is 0 Å². The maximum Gasteiger partial charge on any atom is 0.258 e. The van der Waals surface area contributed by atoms with Crippen molar-refractivity contribution >= 4 is 17.4 Å². The Morgan fingerprint density at radius 2 is 1.94 bits per heavy atom. The summed E-state index contributed by atoms with van der Waals surface area (Å²) in [7, 11) is 3.48. The summed E-state index contributed by atoms with van der Waals surface area (Å²) in [6.07, 6.45) is -0.807. The lowest BCUT2D eigenvalue weighted by Gasteiger charge is -2.23. The number of nitrogens with two attached hydrogens (primary N) is 1. The Morgan fingerprint density at radius 3 is 2.59 bits per heavy atom. The number of hydrogen-bond acceptors (Lipinski definition) is 9. The highest BCUT2D eigenvalue weighted by atomic mass is 35.5. The molecule has 172 valence electrons. The van der Waals surface area contributed by atoms with Gasteiger partial charge in [-0.05, 0) is 45.0 Å². The van der Waals surface area contributed by atoms with E-state index < -0.39 is 6.10 Å². The minimum atomic E-state index is -0.807. The van der Waals surface area contributed by atoms with Crippen LogP contribution in [0, 0.1) is 6.92 Å². The molecule has 2 aromatic heterocycles. The van der Waals surface area contributed by atoms with Crippen molar-refractivity contribution in [1.29, 1.82) is 0 Å². The van der Waals surface area contributed by atoms with Crippen LogP contribution in [0.25, 0.3) is 22.8 Å². The standard InChI is InChI=1S/C22H28ClN5O4/c1-12(2)28(4)19-9-15(6-13(3)25-19)22-26-21(27-32-22)14-7-17(23)20(18(8-14)30-5)31-11-16(29)10-24/h6-9,12,16,29H,10-11,24H2,1-5H3. The third-order valence-electron chi connectivity index (χ3n) is 4.93. The summed E-state index contributed by atoms with van der Waals surface area (Å²) < 4.78 is 16.5. The summed E-state index contributed by atoms with van der Waals surface area (Å²) in [5, 5.41) is 14.0. The van der Waals surface area contributed by atoms with Crippen LogP contribution in [-0.2, 0) is 0 Å². The first-order chi connectivity index (χ1) is 15.2. The molecule has 9 nitrogen and oxygen atoms in total. The highest BCUT2D eigenvalue weighted by Crippen LogP contribution is 2.39. The first-order valence-corrected chi connectivity index (χ1v) is 10.6. The minimum Gasteiger partial charge on any atom is -0.493 e. The van der Waals surface area contributed by atoms with Crippen molar-refractivity contribution in [3.05, 3.63) is 35.0 Å². The van der Waals surface area contributed by atoms with Crippen LogP contribution in [0.4, 0.5) is 5.82 Å². The molecule has 0 radical (unpaired) electrons. The van der Waals surface area contributed by atoms with E-state index in [2.05, 4.69) is 33.9 Å². The topological polar surface area (TPSA) is 120 Å². The van der Waals surface area contributed by atoms with E-state index in [0.29, 0.717) is 28.8 Å². The van der Waals surface area contributed by atoms with Crippen molar-refractivity contribution in [2.75, 3.05) is 32.2 Å². The monoisotopic (exact) mass is 461 g/mol. The van der Waals surface area contributed by atoms with Gasteiger partial charge in [-0.2, -0.15) is 4.98 Å². The van der Waals surface area contributed by atoms with Crippen LogP contribution >= 0.6 is 11.6 Å². The summed E-state index contributed by atoms with van der Waals surface area (Å²) in [5.41, 5.74) is 7.63. The molecule has 0 aliphatic carbocycles. The number of nitrogens with zero attached hydrogens (tertiary/aromatic N) is 4. The molecule has 2 heterocycles. The average molecular weight is 462 g/mol. The number of methoxy groups -OCH3 is 1. The quantitative estimate of drug-likeness (QED) is 0.494. The second-order valence-corrected chi connectivity index (χ2v) is 8.08. The number of halogens is 1. The first-order valence-electron chi connectivity index (χ1n) is 10.2. The first kappa shape index (κ1) is 23.8. The van der Waals surface area contributed by atoms with Gasteiger partial charge in [0, 0.05) is 36.5 Å². The summed E-state index contributed by atoms with van der Waals surface area (Å²) in [6, 6.07) is 7.44. The van der Waals surface area contributed by atoms with Crippen molar-refractivity contribution in [3.63, 3.8) is 0 Å². The molecule has 0 spiro atoms. The van der Waals surface area contributed by atoms with Crippen molar-refractivity contribution in [1.82, 2.24) is 15.1 Å². The van der Waals surface area contributed by atoms with Crippen LogP contribution in [0.1, 0.15) is 19.5 Å². The molecule has 0 saturated carbocycles. The van der Waals surface area contributed by atoms with E-state index in [1.165, 1.54) is 7.11 Å². The van der Waals surface area contributed by atoms with Gasteiger partial charge in [0.05, 0.1) is 12.1 Å². The molecule has 0 saturated heterocycles. The van der Waals surface area contributed by atoms with Gasteiger partial charge in [-0.25, -0.2) is 4.98 Å². The molecule has 1 aromatic carbocycles. The molecular weight excluding hydrogens is 434 g/mol. The summed E-state index contributed by atoms with van der Waals surface area (Å²) in [5.74, 6) is 2.22.